The van der Waals surface area contributed by atoms with Crippen LogP contribution in [-0.4, -0.2) is 60.9 Å². The van der Waals surface area contributed by atoms with E-state index in [1.165, 1.54) is 13.8 Å². The average molecular weight is 679 g/mol. The predicted molar refractivity (Wildman–Crippen MR) is 182 cm³/mol. The molecule has 4 rings (SSSR count). The Morgan fingerprint density at radius 1 is 0.440 bits per heavy atom. The van der Waals surface area contributed by atoms with E-state index in [-0.39, 0.29) is 24.8 Å². The minimum absolute atomic E-state index is 0.143. The van der Waals surface area contributed by atoms with E-state index in [1.54, 1.807) is 111 Å². The van der Waals surface area contributed by atoms with Crippen molar-refractivity contribution in [2.24, 2.45) is 0 Å². The molecular weight excluding hydrogens is 640 g/mol. The van der Waals surface area contributed by atoms with Gasteiger partial charge in [-0.05, 0) is 44.9 Å². The van der Waals surface area contributed by atoms with Crippen molar-refractivity contribution in [2.75, 3.05) is 13.2 Å². The molecule has 0 bridgehead atoms. The molecule has 4 aromatic rings. The van der Waals surface area contributed by atoms with Gasteiger partial charge < -0.3 is 18.9 Å². The van der Waals surface area contributed by atoms with Crippen LogP contribution >= 0.6 is 0 Å². The number of ether oxygens (including phenoxy) is 4. The lowest BCUT2D eigenvalue weighted by molar-refractivity contribution is -0.172. The Balaban J connectivity index is 1.17. The third-order valence-corrected chi connectivity index (χ3v) is 7.92. The maximum absolute atomic E-state index is 12.8. The van der Waals surface area contributed by atoms with Crippen molar-refractivity contribution >= 4 is 35.4 Å². The largest absolute Gasteiger partial charge is 0.459 e. The van der Waals surface area contributed by atoms with Gasteiger partial charge in [-0.15, -0.1) is 0 Å². The van der Waals surface area contributed by atoms with Crippen LogP contribution in [-0.2, 0) is 38.1 Å². The fraction of sp³-hybridized carbons (Fsp3) is 0.250. The first kappa shape index (κ1) is 36.9. The normalized spacial score (nSPS) is 13.1. The van der Waals surface area contributed by atoms with Crippen LogP contribution < -0.4 is 0 Å². The SMILES string of the molecule is CC(OC(=O)C(C)c1ccc(C(=O)c2ccccc2)cc1)C(=O)OCCOC(=O)C(C)OC(=O)C(C)c1cccc(C(=O)c2ccccc2)c1. The van der Waals surface area contributed by atoms with Gasteiger partial charge >= 0.3 is 23.9 Å². The number of rotatable bonds is 15. The first-order valence-electron chi connectivity index (χ1n) is 16.1. The molecule has 0 saturated carbocycles. The van der Waals surface area contributed by atoms with Crippen LogP contribution in [0.2, 0.25) is 0 Å². The van der Waals surface area contributed by atoms with Crippen LogP contribution in [0.25, 0.3) is 0 Å². The Morgan fingerprint density at radius 3 is 1.32 bits per heavy atom. The first-order chi connectivity index (χ1) is 24.0. The summed E-state index contributed by atoms with van der Waals surface area (Å²) in [4.78, 5) is 75.8. The van der Waals surface area contributed by atoms with Crippen LogP contribution in [0.1, 0.15) is 82.5 Å². The van der Waals surface area contributed by atoms with Gasteiger partial charge in [0.25, 0.3) is 0 Å². The van der Waals surface area contributed by atoms with Crippen molar-refractivity contribution in [1.82, 2.24) is 0 Å². The van der Waals surface area contributed by atoms with Crippen LogP contribution in [0.5, 0.6) is 0 Å². The number of carbonyl (C=O) groups excluding carboxylic acids is 6. The molecule has 4 unspecified atom stereocenters. The van der Waals surface area contributed by atoms with Gasteiger partial charge in [-0.2, -0.15) is 0 Å². The maximum atomic E-state index is 12.8. The molecule has 0 aromatic heterocycles. The molecule has 4 aromatic carbocycles. The van der Waals surface area contributed by atoms with Gasteiger partial charge in [-0.25, -0.2) is 9.59 Å². The summed E-state index contributed by atoms with van der Waals surface area (Å²) in [5, 5.41) is 0. The minimum Gasteiger partial charge on any atom is -0.459 e. The van der Waals surface area contributed by atoms with Gasteiger partial charge in [0, 0.05) is 22.3 Å². The highest BCUT2D eigenvalue weighted by Gasteiger charge is 2.26. The van der Waals surface area contributed by atoms with Crippen molar-refractivity contribution in [3.05, 3.63) is 143 Å². The summed E-state index contributed by atoms with van der Waals surface area (Å²) in [7, 11) is 0. The molecule has 10 nitrogen and oxygen atoms in total. The topological polar surface area (TPSA) is 139 Å². The zero-order valence-corrected chi connectivity index (χ0v) is 28.2. The molecule has 0 aliphatic rings. The molecule has 0 heterocycles. The number of hydrogen-bond acceptors (Lipinski definition) is 10. The highest BCUT2D eigenvalue weighted by molar-refractivity contribution is 6.09. The molecule has 0 N–H and O–H groups in total. The molecular formula is C40H38O10. The highest BCUT2D eigenvalue weighted by atomic mass is 16.6. The van der Waals surface area contributed by atoms with Gasteiger partial charge in [0.05, 0.1) is 11.8 Å². The molecule has 258 valence electrons. The predicted octanol–water partition coefficient (Wildman–Crippen LogP) is 6.01. The fourth-order valence-electron chi connectivity index (χ4n) is 4.83. The molecule has 0 aliphatic heterocycles. The molecule has 0 saturated heterocycles. The summed E-state index contributed by atoms with van der Waals surface area (Å²) in [6, 6.07) is 30.8. The quantitative estimate of drug-likeness (QED) is 0.0636. The van der Waals surface area contributed by atoms with Crippen molar-refractivity contribution in [2.45, 2.75) is 51.7 Å². The smallest absolute Gasteiger partial charge is 0.347 e. The summed E-state index contributed by atoms with van der Waals surface area (Å²) in [6.45, 7) is 5.29. The van der Waals surface area contributed by atoms with Gasteiger partial charge in [0.1, 0.15) is 13.2 Å². The van der Waals surface area contributed by atoms with Crippen LogP contribution in [0, 0.1) is 0 Å². The highest BCUT2D eigenvalue weighted by Crippen LogP contribution is 2.22. The van der Waals surface area contributed by atoms with Crippen molar-refractivity contribution < 1.29 is 47.7 Å². The zero-order chi connectivity index (χ0) is 36.2. The van der Waals surface area contributed by atoms with E-state index >= 15 is 0 Å². The third-order valence-electron chi connectivity index (χ3n) is 7.92. The first-order valence-corrected chi connectivity index (χ1v) is 16.1. The van der Waals surface area contributed by atoms with Crippen molar-refractivity contribution in [1.29, 1.82) is 0 Å². The zero-order valence-electron chi connectivity index (χ0n) is 28.2. The van der Waals surface area contributed by atoms with E-state index < -0.39 is 47.9 Å². The monoisotopic (exact) mass is 678 g/mol. The van der Waals surface area contributed by atoms with E-state index in [0.717, 1.165) is 0 Å². The maximum Gasteiger partial charge on any atom is 0.347 e. The molecule has 0 aliphatic carbocycles. The minimum atomic E-state index is -1.25. The van der Waals surface area contributed by atoms with Gasteiger partial charge in [0.15, 0.2) is 23.8 Å². The molecule has 0 fully saturated rings. The van der Waals surface area contributed by atoms with E-state index in [9.17, 15) is 28.8 Å². The Morgan fingerprint density at radius 2 is 0.840 bits per heavy atom. The summed E-state index contributed by atoms with van der Waals surface area (Å²) in [6.07, 6.45) is -2.48. The van der Waals surface area contributed by atoms with Gasteiger partial charge in [0.2, 0.25) is 0 Å². The fourth-order valence-corrected chi connectivity index (χ4v) is 4.83. The number of hydrogen-bond donors (Lipinski definition) is 0. The molecule has 0 radical (unpaired) electrons. The number of carbonyl (C=O) groups is 6. The van der Waals surface area contributed by atoms with Crippen LogP contribution in [0.4, 0.5) is 0 Å². The lowest BCUT2D eigenvalue weighted by Crippen LogP contribution is -2.31. The average Bonchev–Trinajstić information content (AvgIpc) is 3.15. The summed E-state index contributed by atoms with van der Waals surface area (Å²) >= 11 is 0. The second-order valence-corrected chi connectivity index (χ2v) is 11.6. The molecule has 10 heteroatoms. The summed E-state index contributed by atoms with van der Waals surface area (Å²) in [5.74, 6) is -4.87. The summed E-state index contributed by atoms with van der Waals surface area (Å²) in [5.41, 5.74) is 3.10. The van der Waals surface area contributed by atoms with Crippen LogP contribution in [0.3, 0.4) is 0 Å². The number of ketones is 2. The third kappa shape index (κ3) is 9.82. The van der Waals surface area contributed by atoms with E-state index in [2.05, 4.69) is 0 Å². The number of benzene rings is 4. The second kappa shape index (κ2) is 17.5. The number of esters is 4. The van der Waals surface area contributed by atoms with Gasteiger partial charge in [-0.1, -0.05) is 103 Å². The lowest BCUT2D eigenvalue weighted by Gasteiger charge is -2.18. The van der Waals surface area contributed by atoms with Gasteiger partial charge in [-0.3, -0.25) is 19.2 Å². The lowest BCUT2D eigenvalue weighted by atomic mass is 9.96. The molecule has 4 atom stereocenters. The summed E-state index contributed by atoms with van der Waals surface area (Å²) < 4.78 is 20.7. The molecule has 0 spiro atoms. The van der Waals surface area contributed by atoms with E-state index in [0.29, 0.717) is 33.4 Å². The molecule has 50 heavy (non-hydrogen) atoms. The van der Waals surface area contributed by atoms with E-state index in [4.69, 9.17) is 18.9 Å². The van der Waals surface area contributed by atoms with Crippen molar-refractivity contribution in [3.63, 3.8) is 0 Å². The second-order valence-electron chi connectivity index (χ2n) is 11.6. The standard InChI is InChI=1S/C40H38O10/c1-25(29-18-20-32(21-19-29)35(41)30-12-7-5-8-13-30)37(43)49-27(3)39(45)47-22-23-48-40(46)28(4)50-38(44)26(2)33-16-11-17-34(24-33)36(42)31-14-9-6-10-15-31/h5-21,24-28H,22-23H2,1-4H3. The van der Waals surface area contributed by atoms with Crippen LogP contribution in [0.15, 0.2) is 109 Å². The van der Waals surface area contributed by atoms with E-state index in [1.807, 2.05) is 12.1 Å². The Kier molecular flexibility index (Phi) is 12.9. The van der Waals surface area contributed by atoms with Crippen molar-refractivity contribution in [3.8, 4) is 0 Å². The Hall–Kier alpha value is -5.90. The Labute approximate surface area is 290 Å². The Bertz CT molecular complexity index is 1820. The molecule has 0 amide bonds.